The monoisotopic (exact) mass is 160 g/mol. The van der Waals surface area contributed by atoms with Gasteiger partial charge in [0.05, 0.1) is 5.56 Å². The van der Waals surface area contributed by atoms with Crippen molar-refractivity contribution in [2.75, 3.05) is 6.61 Å². The van der Waals surface area contributed by atoms with Gasteiger partial charge in [-0.3, -0.25) is 0 Å². The summed E-state index contributed by atoms with van der Waals surface area (Å²) >= 11 is 0. The molecule has 2 aliphatic carbocycles. The first-order valence-electron chi connectivity index (χ1n) is 3.75. The van der Waals surface area contributed by atoms with E-state index in [1.165, 1.54) is 0 Å². The summed E-state index contributed by atoms with van der Waals surface area (Å²) in [5.41, 5.74) is 0.689. The smallest absolute Gasteiger partial charge is 0.339 e. The van der Waals surface area contributed by atoms with Crippen LogP contribution in [-0.4, -0.2) is 12.6 Å². The van der Waals surface area contributed by atoms with Crippen LogP contribution >= 0.6 is 0 Å². The van der Waals surface area contributed by atoms with Crippen molar-refractivity contribution in [2.24, 2.45) is 0 Å². The average Bonchev–Trinajstić information content (AvgIpc) is 2.05. The van der Waals surface area contributed by atoms with Gasteiger partial charge in [-0.1, -0.05) is 24.8 Å². The minimum Gasteiger partial charge on any atom is -0.458 e. The number of carbonyl (C=O) groups is 1. The minimum atomic E-state index is -0.252. The van der Waals surface area contributed by atoms with Gasteiger partial charge in [-0.25, -0.2) is 4.79 Å². The first kappa shape index (κ1) is 7.10. The summed E-state index contributed by atoms with van der Waals surface area (Å²) in [6, 6.07) is 5.72. The Balaban J connectivity index is 2.09. The van der Waals surface area contributed by atoms with Crippen molar-refractivity contribution < 1.29 is 9.53 Å². The van der Waals surface area contributed by atoms with E-state index in [0.29, 0.717) is 5.56 Å². The topological polar surface area (TPSA) is 26.3 Å². The molecule has 0 unspecified atom stereocenters. The Morgan fingerprint density at radius 2 is 2.42 bits per heavy atom. The zero-order chi connectivity index (χ0) is 8.55. The first-order chi connectivity index (χ1) is 5.83. The van der Waals surface area contributed by atoms with E-state index in [1.807, 2.05) is 18.2 Å². The highest BCUT2D eigenvalue weighted by Gasteiger charge is 2.14. The van der Waals surface area contributed by atoms with Gasteiger partial charge in [0.25, 0.3) is 0 Å². The van der Waals surface area contributed by atoms with Crippen LogP contribution in [0.3, 0.4) is 0 Å². The average molecular weight is 160 g/mol. The summed E-state index contributed by atoms with van der Waals surface area (Å²) in [5.74, 6) is -0.252. The predicted molar refractivity (Wildman–Crippen MR) is 44.6 cm³/mol. The number of carbonyl (C=O) groups excluding carboxylic acids is 1. The van der Waals surface area contributed by atoms with Crippen molar-refractivity contribution in [2.45, 2.75) is 0 Å². The van der Waals surface area contributed by atoms with Gasteiger partial charge in [0.1, 0.15) is 6.61 Å². The zero-order valence-electron chi connectivity index (χ0n) is 6.54. The Hall–Kier alpha value is -1.57. The third-order valence-corrected chi connectivity index (χ3v) is 1.88. The summed E-state index contributed by atoms with van der Waals surface area (Å²) in [4.78, 5) is 11.2. The van der Waals surface area contributed by atoms with Crippen LogP contribution in [0.1, 0.15) is 10.4 Å². The lowest BCUT2D eigenvalue weighted by Crippen LogP contribution is -2.10. The molecule has 0 heterocycles. The fourth-order valence-corrected chi connectivity index (χ4v) is 1.17. The normalized spacial score (nSPS) is 10.7. The lowest BCUT2D eigenvalue weighted by atomic mass is 9.99. The fraction of sp³-hybridized carbons (Fsp3) is 0.100. The van der Waals surface area contributed by atoms with E-state index in [9.17, 15) is 4.79 Å². The Kier molecular flexibility index (Phi) is 1.47. The van der Waals surface area contributed by atoms with Gasteiger partial charge < -0.3 is 4.74 Å². The second-order valence-corrected chi connectivity index (χ2v) is 2.65. The number of benzene rings is 1. The molecule has 0 N–H and O–H groups in total. The van der Waals surface area contributed by atoms with Gasteiger partial charge in [0.15, 0.2) is 0 Å². The summed E-state index contributed by atoms with van der Waals surface area (Å²) in [7, 11) is 0. The molecule has 0 amide bonds. The SMILES string of the molecule is C=CCOC(=O)c1cc2ccc1=2. The van der Waals surface area contributed by atoms with Crippen molar-refractivity contribution in [3.8, 4) is 0 Å². The molecule has 0 saturated carbocycles. The molecule has 0 atom stereocenters. The van der Waals surface area contributed by atoms with Crippen LogP contribution in [0.4, 0.5) is 0 Å². The molecular weight excluding hydrogens is 152 g/mol. The number of hydrogen-bond donors (Lipinski definition) is 0. The van der Waals surface area contributed by atoms with Gasteiger partial charge in [0, 0.05) is 0 Å². The predicted octanol–water partition coefficient (Wildman–Crippen LogP) is 1.63. The molecule has 0 aliphatic heterocycles. The molecule has 2 rings (SSSR count). The summed E-state index contributed by atoms with van der Waals surface area (Å²) < 4.78 is 4.85. The number of rotatable bonds is 3. The maximum atomic E-state index is 11.2. The van der Waals surface area contributed by atoms with E-state index in [4.69, 9.17) is 4.74 Å². The van der Waals surface area contributed by atoms with E-state index in [-0.39, 0.29) is 12.6 Å². The van der Waals surface area contributed by atoms with Gasteiger partial charge in [0.2, 0.25) is 0 Å². The van der Waals surface area contributed by atoms with Crippen LogP contribution in [0, 0.1) is 10.4 Å². The van der Waals surface area contributed by atoms with Crippen LogP contribution in [0.15, 0.2) is 30.9 Å². The second-order valence-electron chi connectivity index (χ2n) is 2.65. The Morgan fingerprint density at radius 1 is 1.58 bits per heavy atom. The fourth-order valence-electron chi connectivity index (χ4n) is 1.17. The number of esters is 1. The maximum Gasteiger partial charge on any atom is 0.339 e. The quantitative estimate of drug-likeness (QED) is 0.504. The van der Waals surface area contributed by atoms with Crippen molar-refractivity contribution in [3.63, 3.8) is 0 Å². The largest absolute Gasteiger partial charge is 0.458 e. The van der Waals surface area contributed by atoms with Crippen LogP contribution in [0.2, 0.25) is 0 Å². The van der Waals surface area contributed by atoms with E-state index >= 15 is 0 Å². The van der Waals surface area contributed by atoms with Crippen LogP contribution in [-0.2, 0) is 4.74 Å². The van der Waals surface area contributed by atoms with Crippen LogP contribution in [0.5, 0.6) is 0 Å². The van der Waals surface area contributed by atoms with E-state index in [1.54, 1.807) is 6.08 Å². The van der Waals surface area contributed by atoms with Gasteiger partial charge in [-0.05, 0) is 16.5 Å². The first-order valence-corrected chi connectivity index (χ1v) is 3.75. The Bertz CT molecular complexity index is 432. The number of hydrogen-bond acceptors (Lipinski definition) is 2. The molecule has 2 nitrogen and oxygen atoms in total. The third kappa shape index (κ3) is 0.848. The molecule has 0 bridgehead atoms. The Labute approximate surface area is 69.8 Å². The second kappa shape index (κ2) is 2.48. The van der Waals surface area contributed by atoms with Gasteiger partial charge in [-0.15, -0.1) is 0 Å². The lowest BCUT2D eigenvalue weighted by Gasteiger charge is -2.09. The molecule has 60 valence electrons. The summed E-state index contributed by atoms with van der Waals surface area (Å²) in [6.45, 7) is 3.74. The standard InChI is InChI=1S/C10H8O2/c1-2-5-12-10(11)9-6-7-3-4-8(7)9/h2-4,6H,1,5H2. The highest BCUT2D eigenvalue weighted by Crippen LogP contribution is 2.16. The molecule has 0 radical (unpaired) electrons. The van der Waals surface area contributed by atoms with Gasteiger partial charge in [-0.2, -0.15) is 0 Å². The molecule has 2 heteroatoms. The van der Waals surface area contributed by atoms with E-state index < -0.39 is 0 Å². The van der Waals surface area contributed by atoms with Crippen LogP contribution in [0.25, 0.3) is 0 Å². The van der Waals surface area contributed by atoms with E-state index in [0.717, 1.165) is 10.4 Å². The highest BCUT2D eigenvalue weighted by molar-refractivity contribution is 5.91. The van der Waals surface area contributed by atoms with Crippen molar-refractivity contribution >= 4 is 5.97 Å². The van der Waals surface area contributed by atoms with Crippen LogP contribution < -0.4 is 0 Å². The lowest BCUT2D eigenvalue weighted by molar-refractivity contribution is 0.0547. The molecule has 0 spiro atoms. The third-order valence-electron chi connectivity index (χ3n) is 1.88. The molecular formula is C10H8O2. The zero-order valence-corrected chi connectivity index (χ0v) is 6.54. The molecule has 0 aromatic rings. The number of ether oxygens (including phenoxy) is 1. The molecule has 0 aromatic carbocycles. The Morgan fingerprint density at radius 3 is 2.83 bits per heavy atom. The molecule has 12 heavy (non-hydrogen) atoms. The van der Waals surface area contributed by atoms with Crippen molar-refractivity contribution in [3.05, 3.63) is 46.9 Å². The molecule has 0 fully saturated rings. The molecule has 2 aliphatic rings. The van der Waals surface area contributed by atoms with Gasteiger partial charge >= 0.3 is 5.97 Å². The minimum absolute atomic E-state index is 0.252. The molecule has 0 aromatic heterocycles. The summed E-state index contributed by atoms with van der Waals surface area (Å²) in [6.07, 6.45) is 1.56. The highest BCUT2D eigenvalue weighted by atomic mass is 16.5. The van der Waals surface area contributed by atoms with E-state index in [2.05, 4.69) is 6.58 Å². The summed E-state index contributed by atoms with van der Waals surface area (Å²) in [5, 5.41) is 2.18. The van der Waals surface area contributed by atoms with Crippen molar-refractivity contribution in [1.82, 2.24) is 0 Å². The molecule has 0 saturated heterocycles. The maximum absolute atomic E-state index is 11.2. The van der Waals surface area contributed by atoms with Crippen molar-refractivity contribution in [1.29, 1.82) is 0 Å².